The highest BCUT2D eigenvalue weighted by Crippen LogP contribution is 2.40. The van der Waals surface area contributed by atoms with E-state index in [1.165, 1.54) is 44.1 Å². The number of hydrogen-bond donors (Lipinski definition) is 0. The molecule has 142 valence electrons. The largest absolute Gasteiger partial charge is 0.341 e. The second kappa shape index (κ2) is 6.89. The van der Waals surface area contributed by atoms with Crippen molar-refractivity contribution >= 4 is 21.8 Å². The van der Waals surface area contributed by atoms with Gasteiger partial charge in [-0.05, 0) is 73.4 Å². The van der Waals surface area contributed by atoms with Crippen molar-refractivity contribution in [3.63, 3.8) is 0 Å². The smallest absolute Gasteiger partial charge is 0.0702 e. The molecule has 0 unspecified atom stereocenters. The lowest BCUT2D eigenvalue weighted by atomic mass is 9.92. The molecule has 5 aromatic rings. The Bertz CT molecular complexity index is 1320. The van der Waals surface area contributed by atoms with Gasteiger partial charge in [-0.1, -0.05) is 42.5 Å². The highest BCUT2D eigenvalue weighted by Gasteiger charge is 2.17. The Morgan fingerprint density at radius 3 is 2.31 bits per heavy atom. The van der Waals surface area contributed by atoms with Crippen molar-refractivity contribution in [2.75, 3.05) is 0 Å². The predicted molar refractivity (Wildman–Crippen MR) is 123 cm³/mol. The summed E-state index contributed by atoms with van der Waals surface area (Å²) in [6, 6.07) is 26.1. The normalized spacial score (nSPS) is 11.4. The summed E-state index contributed by atoms with van der Waals surface area (Å²) in [5.74, 6) is 0. The average Bonchev–Trinajstić information content (AvgIpc) is 3.08. The van der Waals surface area contributed by atoms with Crippen LogP contribution in [-0.2, 0) is 6.54 Å². The van der Waals surface area contributed by atoms with Gasteiger partial charge in [-0.15, -0.1) is 0 Å². The quantitative estimate of drug-likeness (QED) is 0.327. The lowest BCUT2D eigenvalue weighted by Crippen LogP contribution is -1.93. The van der Waals surface area contributed by atoms with Gasteiger partial charge in [0.2, 0.25) is 0 Å². The van der Waals surface area contributed by atoms with Gasteiger partial charge in [0.1, 0.15) is 0 Å². The molecule has 2 nitrogen and oxygen atoms in total. The fourth-order valence-corrected chi connectivity index (χ4v) is 4.63. The van der Waals surface area contributed by atoms with Gasteiger partial charge >= 0.3 is 0 Å². The molecule has 0 saturated carbocycles. The first-order valence-corrected chi connectivity index (χ1v) is 10.2. The number of hydrogen-bond acceptors (Lipinski definition) is 1. The molecule has 0 fully saturated rings. The zero-order chi connectivity index (χ0) is 20.0. The number of rotatable bonds is 3. The van der Waals surface area contributed by atoms with Crippen molar-refractivity contribution in [2.45, 2.75) is 27.3 Å². The molecule has 0 amide bonds. The number of pyridine rings is 1. The molecule has 2 heterocycles. The molecule has 2 heteroatoms. The zero-order valence-electron chi connectivity index (χ0n) is 17.1. The molecule has 5 rings (SSSR count). The van der Waals surface area contributed by atoms with Gasteiger partial charge in [0, 0.05) is 40.1 Å². The second-order valence-electron chi connectivity index (χ2n) is 7.66. The molecule has 0 N–H and O–H groups in total. The van der Waals surface area contributed by atoms with E-state index >= 15 is 0 Å². The molecule has 0 aliphatic rings. The molecule has 0 spiro atoms. The maximum absolute atomic E-state index is 4.56. The molecule has 2 aromatic heterocycles. The third-order valence-corrected chi connectivity index (χ3v) is 5.92. The van der Waals surface area contributed by atoms with E-state index in [0.717, 1.165) is 17.8 Å². The monoisotopic (exact) mass is 376 g/mol. The summed E-state index contributed by atoms with van der Waals surface area (Å²) in [4.78, 5) is 4.56. The van der Waals surface area contributed by atoms with Crippen LogP contribution in [-0.4, -0.2) is 9.55 Å². The van der Waals surface area contributed by atoms with Crippen LogP contribution in [0.2, 0.25) is 0 Å². The number of aromatic nitrogens is 2. The van der Waals surface area contributed by atoms with E-state index < -0.39 is 0 Å². The molecule has 0 saturated heterocycles. The van der Waals surface area contributed by atoms with Crippen molar-refractivity contribution < 1.29 is 0 Å². The van der Waals surface area contributed by atoms with Crippen LogP contribution in [0.1, 0.15) is 18.1 Å². The summed E-state index contributed by atoms with van der Waals surface area (Å²) < 4.78 is 2.42. The zero-order valence-corrected chi connectivity index (χ0v) is 17.1. The molecule has 0 aliphatic heterocycles. The predicted octanol–water partition coefficient (Wildman–Crippen LogP) is 7.16. The van der Waals surface area contributed by atoms with E-state index in [1.54, 1.807) is 0 Å². The third-order valence-electron chi connectivity index (χ3n) is 5.92. The summed E-state index contributed by atoms with van der Waals surface area (Å²) >= 11 is 0. The standard InChI is InChI=1S/C27H24N2/c1-4-29-24-15-14-20(23-12-5-6-16-28-23)17-22(24)27-21(11-8-13-25(27)29)26-18(2)9-7-10-19(26)3/h5-17H,4H2,1-3H3. The summed E-state index contributed by atoms with van der Waals surface area (Å²) in [6.07, 6.45) is 1.86. The van der Waals surface area contributed by atoms with Crippen LogP contribution in [0.5, 0.6) is 0 Å². The van der Waals surface area contributed by atoms with Gasteiger partial charge in [-0.2, -0.15) is 0 Å². The van der Waals surface area contributed by atoms with E-state index in [0.29, 0.717) is 0 Å². The van der Waals surface area contributed by atoms with Gasteiger partial charge in [0.05, 0.1) is 5.69 Å². The molecule has 0 aliphatic carbocycles. The Morgan fingerprint density at radius 1 is 0.793 bits per heavy atom. The summed E-state index contributed by atoms with van der Waals surface area (Å²) in [5.41, 5.74) is 10.0. The van der Waals surface area contributed by atoms with Gasteiger partial charge in [0.25, 0.3) is 0 Å². The minimum absolute atomic E-state index is 0.944. The molecule has 0 atom stereocenters. The first-order chi connectivity index (χ1) is 14.2. The number of benzene rings is 3. The Balaban J connectivity index is 1.91. The lowest BCUT2D eigenvalue weighted by molar-refractivity contribution is 0.827. The van der Waals surface area contributed by atoms with Crippen LogP contribution in [0.4, 0.5) is 0 Å². The van der Waals surface area contributed by atoms with Gasteiger partial charge in [-0.3, -0.25) is 4.98 Å². The number of nitrogens with zero attached hydrogens (tertiary/aromatic N) is 2. The van der Waals surface area contributed by atoms with Crippen LogP contribution >= 0.6 is 0 Å². The third kappa shape index (κ3) is 2.75. The van der Waals surface area contributed by atoms with E-state index in [4.69, 9.17) is 0 Å². The van der Waals surface area contributed by atoms with Crippen molar-refractivity contribution in [1.82, 2.24) is 9.55 Å². The topological polar surface area (TPSA) is 17.8 Å². The Kier molecular flexibility index (Phi) is 4.21. The molecular formula is C27H24N2. The van der Waals surface area contributed by atoms with Crippen molar-refractivity contribution in [2.24, 2.45) is 0 Å². The van der Waals surface area contributed by atoms with Gasteiger partial charge in [0.15, 0.2) is 0 Å². The molecule has 3 aromatic carbocycles. The maximum atomic E-state index is 4.56. The van der Waals surface area contributed by atoms with Crippen LogP contribution in [0, 0.1) is 13.8 Å². The highest BCUT2D eigenvalue weighted by molar-refractivity contribution is 6.16. The molecule has 29 heavy (non-hydrogen) atoms. The fraction of sp³-hybridized carbons (Fsp3) is 0.148. The summed E-state index contributed by atoms with van der Waals surface area (Å²) in [6.45, 7) is 7.58. The Labute approximate surface area is 171 Å². The van der Waals surface area contributed by atoms with Gasteiger partial charge in [-0.25, -0.2) is 0 Å². The van der Waals surface area contributed by atoms with Crippen LogP contribution < -0.4 is 0 Å². The molecule has 0 bridgehead atoms. The minimum atomic E-state index is 0.944. The Hall–Kier alpha value is -3.39. The summed E-state index contributed by atoms with van der Waals surface area (Å²) in [5, 5.41) is 2.63. The highest BCUT2D eigenvalue weighted by atomic mass is 15.0. The maximum Gasteiger partial charge on any atom is 0.0702 e. The van der Waals surface area contributed by atoms with E-state index in [1.807, 2.05) is 18.3 Å². The number of fused-ring (bicyclic) bond motifs is 3. The van der Waals surface area contributed by atoms with Crippen molar-refractivity contribution in [3.8, 4) is 22.4 Å². The summed E-state index contributed by atoms with van der Waals surface area (Å²) in [7, 11) is 0. The first-order valence-electron chi connectivity index (χ1n) is 10.2. The van der Waals surface area contributed by atoms with Gasteiger partial charge < -0.3 is 4.57 Å². The second-order valence-corrected chi connectivity index (χ2v) is 7.66. The van der Waals surface area contributed by atoms with Crippen LogP contribution in [0.3, 0.4) is 0 Å². The van der Waals surface area contributed by atoms with Crippen molar-refractivity contribution in [1.29, 1.82) is 0 Å². The Morgan fingerprint density at radius 2 is 1.59 bits per heavy atom. The first kappa shape index (κ1) is 17.7. The molecule has 0 radical (unpaired) electrons. The average molecular weight is 377 g/mol. The number of aryl methyl sites for hydroxylation is 3. The van der Waals surface area contributed by atoms with E-state index in [-0.39, 0.29) is 0 Å². The van der Waals surface area contributed by atoms with Crippen molar-refractivity contribution in [3.05, 3.63) is 90.1 Å². The van der Waals surface area contributed by atoms with Crippen LogP contribution in [0.15, 0.2) is 79.0 Å². The minimum Gasteiger partial charge on any atom is -0.341 e. The SMILES string of the molecule is CCn1c2ccc(-c3ccccn3)cc2c2c(-c3c(C)cccc3C)cccc21. The molecular weight excluding hydrogens is 352 g/mol. The lowest BCUT2D eigenvalue weighted by Gasteiger charge is -2.12. The fourth-order valence-electron chi connectivity index (χ4n) is 4.63. The van der Waals surface area contributed by atoms with E-state index in [9.17, 15) is 0 Å². The van der Waals surface area contributed by atoms with E-state index in [2.05, 4.69) is 91.0 Å². The van der Waals surface area contributed by atoms with Crippen LogP contribution in [0.25, 0.3) is 44.2 Å².